The van der Waals surface area contributed by atoms with Gasteiger partial charge in [0, 0.05) is 5.56 Å². The highest BCUT2D eigenvalue weighted by Gasteiger charge is 2.08. The van der Waals surface area contributed by atoms with E-state index >= 15 is 0 Å². The van der Waals surface area contributed by atoms with Gasteiger partial charge in [0.05, 0.1) is 10.6 Å². The van der Waals surface area contributed by atoms with Crippen molar-refractivity contribution in [2.45, 2.75) is 11.8 Å². The monoisotopic (exact) mass is 228 g/mol. The number of benzene rings is 1. The molecule has 5 nitrogen and oxygen atoms in total. The van der Waals surface area contributed by atoms with E-state index in [0.29, 0.717) is 11.3 Å². The zero-order chi connectivity index (χ0) is 11.5. The van der Waals surface area contributed by atoms with Gasteiger partial charge in [0.2, 0.25) is 10.0 Å². The maximum Gasteiger partial charge on any atom is 0.238 e. The van der Waals surface area contributed by atoms with Crippen LogP contribution in [0.3, 0.4) is 0 Å². The van der Waals surface area contributed by atoms with Crippen LogP contribution < -0.4 is 5.14 Å². The smallest absolute Gasteiger partial charge is 0.238 e. The van der Waals surface area contributed by atoms with Crippen LogP contribution >= 0.6 is 0 Å². The Morgan fingerprint density at radius 1 is 1.47 bits per heavy atom. The summed E-state index contributed by atoms with van der Waals surface area (Å²) in [6.07, 6.45) is 0. The molecule has 0 aromatic heterocycles. The number of rotatable bonds is 3. The number of sulfonamides is 1. The minimum atomic E-state index is -3.67. The zero-order valence-electron chi connectivity index (χ0n) is 8.47. The van der Waals surface area contributed by atoms with Gasteiger partial charge in [0.15, 0.2) is 0 Å². The van der Waals surface area contributed by atoms with Gasteiger partial charge in [0.1, 0.15) is 7.11 Å². The molecule has 0 unspecified atom stereocenters. The van der Waals surface area contributed by atoms with Gasteiger partial charge in [-0.05, 0) is 19.1 Å². The molecule has 0 heterocycles. The number of nitrogens with zero attached hydrogens (tertiary/aromatic N) is 1. The molecular weight excluding hydrogens is 216 g/mol. The van der Waals surface area contributed by atoms with Crippen LogP contribution in [0.25, 0.3) is 0 Å². The molecule has 0 radical (unpaired) electrons. The molecule has 1 aromatic rings. The number of oxime groups is 1. The second kappa shape index (κ2) is 4.41. The summed E-state index contributed by atoms with van der Waals surface area (Å²) >= 11 is 0. The fraction of sp³-hybridized carbons (Fsp3) is 0.222. The molecule has 2 N–H and O–H groups in total. The third-order valence-corrected chi connectivity index (χ3v) is 2.72. The van der Waals surface area contributed by atoms with Crippen LogP contribution in [0.1, 0.15) is 12.5 Å². The van der Waals surface area contributed by atoms with Crippen molar-refractivity contribution < 1.29 is 13.3 Å². The van der Waals surface area contributed by atoms with E-state index in [4.69, 9.17) is 5.14 Å². The van der Waals surface area contributed by atoms with E-state index in [1.165, 1.54) is 19.2 Å². The number of primary sulfonamides is 1. The lowest BCUT2D eigenvalue weighted by atomic mass is 10.1. The predicted molar refractivity (Wildman–Crippen MR) is 57.0 cm³/mol. The summed E-state index contributed by atoms with van der Waals surface area (Å²) in [6, 6.07) is 6.21. The standard InChI is InChI=1S/C9H12N2O3S/c1-7(11-14-2)8-4-3-5-9(6-8)15(10,12)13/h3-6H,1-2H3,(H2,10,12,13). The van der Waals surface area contributed by atoms with Crippen molar-refractivity contribution >= 4 is 15.7 Å². The summed E-state index contributed by atoms with van der Waals surface area (Å²) in [4.78, 5) is 4.65. The number of hydrogen-bond donors (Lipinski definition) is 1. The Hall–Kier alpha value is -1.40. The normalized spacial score (nSPS) is 12.6. The first-order chi connectivity index (χ1) is 6.95. The molecule has 0 aliphatic carbocycles. The topological polar surface area (TPSA) is 81.8 Å². The van der Waals surface area contributed by atoms with E-state index in [-0.39, 0.29) is 4.90 Å². The first-order valence-electron chi connectivity index (χ1n) is 4.16. The molecule has 0 atom stereocenters. The Bertz CT molecular complexity index is 480. The van der Waals surface area contributed by atoms with Crippen molar-refractivity contribution in [3.63, 3.8) is 0 Å². The Morgan fingerprint density at radius 2 is 2.13 bits per heavy atom. The summed E-state index contributed by atoms with van der Waals surface area (Å²) < 4.78 is 22.1. The molecule has 15 heavy (non-hydrogen) atoms. The maximum atomic E-state index is 11.1. The van der Waals surface area contributed by atoms with E-state index in [1.54, 1.807) is 19.1 Å². The summed E-state index contributed by atoms with van der Waals surface area (Å²) in [5.74, 6) is 0. The third kappa shape index (κ3) is 3.03. The van der Waals surface area contributed by atoms with Crippen LogP contribution in [0.2, 0.25) is 0 Å². The van der Waals surface area contributed by atoms with E-state index in [2.05, 4.69) is 9.99 Å². The summed E-state index contributed by atoms with van der Waals surface area (Å²) in [6.45, 7) is 1.71. The van der Waals surface area contributed by atoms with E-state index in [9.17, 15) is 8.42 Å². The molecule has 0 saturated carbocycles. The molecule has 1 rings (SSSR count). The molecule has 0 aliphatic heterocycles. The maximum absolute atomic E-state index is 11.1. The van der Waals surface area contributed by atoms with Gasteiger partial charge >= 0.3 is 0 Å². The molecule has 82 valence electrons. The van der Waals surface area contributed by atoms with Gasteiger partial charge in [-0.25, -0.2) is 13.6 Å². The molecule has 1 aromatic carbocycles. The van der Waals surface area contributed by atoms with Crippen LogP contribution in [0.15, 0.2) is 34.3 Å². The van der Waals surface area contributed by atoms with Crippen LogP contribution in [-0.4, -0.2) is 21.2 Å². The van der Waals surface area contributed by atoms with Gasteiger partial charge in [-0.15, -0.1) is 0 Å². The SMILES string of the molecule is CON=C(C)c1cccc(S(N)(=O)=O)c1. The summed E-state index contributed by atoms with van der Waals surface area (Å²) in [5.41, 5.74) is 1.24. The molecule has 6 heteroatoms. The van der Waals surface area contributed by atoms with Crippen molar-refractivity contribution in [1.29, 1.82) is 0 Å². The third-order valence-electron chi connectivity index (χ3n) is 1.81. The highest BCUT2D eigenvalue weighted by Crippen LogP contribution is 2.10. The van der Waals surface area contributed by atoms with Gasteiger partial charge in [0.25, 0.3) is 0 Å². The number of nitrogens with two attached hydrogens (primary N) is 1. The highest BCUT2D eigenvalue weighted by molar-refractivity contribution is 7.89. The molecule has 0 fully saturated rings. The van der Waals surface area contributed by atoms with E-state index in [0.717, 1.165) is 0 Å². The van der Waals surface area contributed by atoms with Crippen LogP contribution in [0.5, 0.6) is 0 Å². The van der Waals surface area contributed by atoms with Gasteiger partial charge in [-0.3, -0.25) is 0 Å². The van der Waals surface area contributed by atoms with Crippen LogP contribution in [-0.2, 0) is 14.9 Å². The predicted octanol–water partition coefficient (Wildman–Crippen LogP) is 0.704. The average molecular weight is 228 g/mol. The largest absolute Gasteiger partial charge is 0.399 e. The van der Waals surface area contributed by atoms with E-state index in [1.807, 2.05) is 0 Å². The Balaban J connectivity index is 3.20. The first kappa shape index (κ1) is 11.7. The molecule has 0 amide bonds. The molecule has 0 bridgehead atoms. The quantitative estimate of drug-likeness (QED) is 0.610. The lowest BCUT2D eigenvalue weighted by Gasteiger charge is -2.02. The van der Waals surface area contributed by atoms with Crippen molar-refractivity contribution in [2.75, 3.05) is 7.11 Å². The van der Waals surface area contributed by atoms with E-state index < -0.39 is 10.0 Å². The second-order valence-corrected chi connectivity index (χ2v) is 4.49. The minimum Gasteiger partial charge on any atom is -0.399 e. The van der Waals surface area contributed by atoms with Crippen molar-refractivity contribution in [2.24, 2.45) is 10.3 Å². The molecule has 0 saturated heterocycles. The molecular formula is C9H12N2O3S. The highest BCUT2D eigenvalue weighted by atomic mass is 32.2. The van der Waals surface area contributed by atoms with Crippen molar-refractivity contribution in [3.8, 4) is 0 Å². The van der Waals surface area contributed by atoms with Gasteiger partial charge in [-0.2, -0.15) is 0 Å². The summed E-state index contributed by atoms with van der Waals surface area (Å²) in [7, 11) is -2.25. The number of hydrogen-bond acceptors (Lipinski definition) is 4. The Kier molecular flexibility index (Phi) is 3.43. The Morgan fingerprint density at radius 3 is 2.67 bits per heavy atom. The van der Waals surface area contributed by atoms with Gasteiger partial charge < -0.3 is 4.84 Å². The Labute approximate surface area is 88.6 Å². The fourth-order valence-electron chi connectivity index (χ4n) is 1.09. The fourth-order valence-corrected chi connectivity index (χ4v) is 1.65. The lowest BCUT2D eigenvalue weighted by molar-refractivity contribution is 0.213. The van der Waals surface area contributed by atoms with Crippen molar-refractivity contribution in [1.82, 2.24) is 0 Å². The lowest BCUT2D eigenvalue weighted by Crippen LogP contribution is -2.12. The first-order valence-corrected chi connectivity index (χ1v) is 5.71. The zero-order valence-corrected chi connectivity index (χ0v) is 9.28. The van der Waals surface area contributed by atoms with Gasteiger partial charge in [-0.1, -0.05) is 17.3 Å². The van der Waals surface area contributed by atoms with Crippen molar-refractivity contribution in [3.05, 3.63) is 29.8 Å². The van der Waals surface area contributed by atoms with Crippen LogP contribution in [0, 0.1) is 0 Å². The second-order valence-electron chi connectivity index (χ2n) is 2.93. The minimum absolute atomic E-state index is 0.0608. The molecule has 0 spiro atoms. The molecule has 0 aliphatic rings. The average Bonchev–Trinajstić information content (AvgIpc) is 2.17. The van der Waals surface area contributed by atoms with Crippen LogP contribution in [0.4, 0.5) is 0 Å². The summed E-state index contributed by atoms with van der Waals surface area (Å²) in [5, 5.41) is 8.70.